The zero-order valence-electron chi connectivity index (χ0n) is 8.72. The van der Waals surface area contributed by atoms with E-state index in [1.807, 2.05) is 6.07 Å². The van der Waals surface area contributed by atoms with Crippen LogP contribution in [-0.4, -0.2) is 17.4 Å². The summed E-state index contributed by atoms with van der Waals surface area (Å²) in [5.74, 6) is -0.0779. The van der Waals surface area contributed by atoms with Gasteiger partial charge in [-0.15, -0.1) is 0 Å². The zero-order valence-corrected chi connectivity index (χ0v) is 8.72. The highest BCUT2D eigenvalue weighted by molar-refractivity contribution is 5.93. The summed E-state index contributed by atoms with van der Waals surface area (Å²) < 4.78 is 4.94. The van der Waals surface area contributed by atoms with E-state index in [1.54, 1.807) is 37.1 Å². The lowest BCUT2D eigenvalue weighted by Gasteiger charge is -2.03. The van der Waals surface area contributed by atoms with E-state index in [9.17, 15) is 4.79 Å². The number of amides is 1. The molecule has 4 heteroatoms. The Hall–Kier alpha value is -2.10. The number of aromatic nitrogens is 1. The Bertz CT molecular complexity index is 437. The Morgan fingerprint density at radius 3 is 2.81 bits per heavy atom. The van der Waals surface area contributed by atoms with E-state index in [0.29, 0.717) is 12.1 Å². The number of nitrogens with one attached hydrogen (secondary N) is 1. The van der Waals surface area contributed by atoms with E-state index >= 15 is 0 Å². The molecule has 0 saturated carbocycles. The molecule has 0 atom stereocenters. The van der Waals surface area contributed by atoms with Crippen molar-refractivity contribution >= 4 is 5.91 Å². The monoisotopic (exact) mass is 216 g/mol. The first kappa shape index (κ1) is 10.4. The molecular weight excluding hydrogens is 204 g/mol. The molecule has 1 N–H and O–H groups in total. The van der Waals surface area contributed by atoms with Gasteiger partial charge in [0.15, 0.2) is 0 Å². The number of carbonyl (C=O) groups is 1. The number of nitrogens with zero attached hydrogens (tertiary/aromatic N) is 1. The fraction of sp³-hybridized carbons (Fsp3) is 0.167. The van der Waals surface area contributed by atoms with Gasteiger partial charge in [-0.05, 0) is 30.2 Å². The molecular formula is C12H12N2O2. The van der Waals surface area contributed by atoms with Gasteiger partial charge < -0.3 is 9.73 Å². The van der Waals surface area contributed by atoms with Crippen LogP contribution in [-0.2, 0) is 6.42 Å². The first-order chi connectivity index (χ1) is 7.86. The Morgan fingerprint density at radius 2 is 2.12 bits per heavy atom. The topological polar surface area (TPSA) is 55.1 Å². The summed E-state index contributed by atoms with van der Waals surface area (Å²) >= 11 is 0. The van der Waals surface area contributed by atoms with Crippen LogP contribution in [0.2, 0.25) is 0 Å². The van der Waals surface area contributed by atoms with Crippen LogP contribution in [0.5, 0.6) is 0 Å². The van der Waals surface area contributed by atoms with Crippen molar-refractivity contribution in [2.45, 2.75) is 6.42 Å². The van der Waals surface area contributed by atoms with E-state index in [4.69, 9.17) is 4.42 Å². The van der Waals surface area contributed by atoms with Crippen LogP contribution in [0.15, 0.2) is 47.5 Å². The van der Waals surface area contributed by atoms with Crippen molar-refractivity contribution in [1.82, 2.24) is 10.3 Å². The van der Waals surface area contributed by atoms with Crippen LogP contribution < -0.4 is 5.32 Å². The molecule has 0 bridgehead atoms. The highest BCUT2D eigenvalue weighted by atomic mass is 16.3. The number of rotatable bonds is 4. The SMILES string of the molecule is O=C(NCCc1ccoc1)c1ccncc1. The third-order valence-corrected chi connectivity index (χ3v) is 2.22. The summed E-state index contributed by atoms with van der Waals surface area (Å²) in [5.41, 5.74) is 1.71. The largest absolute Gasteiger partial charge is 0.472 e. The van der Waals surface area contributed by atoms with Crippen molar-refractivity contribution < 1.29 is 9.21 Å². The summed E-state index contributed by atoms with van der Waals surface area (Å²) in [4.78, 5) is 15.5. The lowest BCUT2D eigenvalue weighted by atomic mass is 10.2. The molecule has 0 aliphatic carbocycles. The molecule has 0 unspecified atom stereocenters. The summed E-state index contributed by atoms with van der Waals surface area (Å²) in [7, 11) is 0. The van der Waals surface area contributed by atoms with Gasteiger partial charge in [-0.25, -0.2) is 0 Å². The second-order valence-corrected chi connectivity index (χ2v) is 3.37. The molecule has 82 valence electrons. The van der Waals surface area contributed by atoms with Gasteiger partial charge in [0.1, 0.15) is 0 Å². The molecule has 2 rings (SSSR count). The molecule has 2 aromatic heterocycles. The maximum Gasteiger partial charge on any atom is 0.251 e. The molecule has 0 fully saturated rings. The molecule has 0 aromatic carbocycles. The van der Waals surface area contributed by atoms with Gasteiger partial charge in [-0.1, -0.05) is 0 Å². The van der Waals surface area contributed by atoms with Crippen molar-refractivity contribution in [2.75, 3.05) is 6.54 Å². The lowest BCUT2D eigenvalue weighted by Crippen LogP contribution is -2.25. The highest BCUT2D eigenvalue weighted by Crippen LogP contribution is 2.00. The standard InChI is InChI=1S/C12H12N2O2/c15-12(11-2-5-13-6-3-11)14-7-1-10-4-8-16-9-10/h2-6,8-9H,1,7H2,(H,14,15). The number of furan rings is 1. The summed E-state index contributed by atoms with van der Waals surface area (Å²) in [6, 6.07) is 5.26. The Labute approximate surface area is 93.3 Å². The number of hydrogen-bond donors (Lipinski definition) is 1. The highest BCUT2D eigenvalue weighted by Gasteiger charge is 2.03. The third-order valence-electron chi connectivity index (χ3n) is 2.22. The summed E-state index contributed by atoms with van der Waals surface area (Å²) in [5, 5.41) is 2.83. The molecule has 0 radical (unpaired) electrons. The minimum Gasteiger partial charge on any atom is -0.472 e. The fourth-order valence-electron chi connectivity index (χ4n) is 1.36. The molecule has 1 amide bonds. The Balaban J connectivity index is 1.81. The number of pyridine rings is 1. The average molecular weight is 216 g/mol. The van der Waals surface area contributed by atoms with Gasteiger partial charge in [0.25, 0.3) is 5.91 Å². The van der Waals surface area contributed by atoms with E-state index in [0.717, 1.165) is 12.0 Å². The van der Waals surface area contributed by atoms with Crippen molar-refractivity contribution in [3.8, 4) is 0 Å². The van der Waals surface area contributed by atoms with Crippen LogP contribution in [0.25, 0.3) is 0 Å². The van der Waals surface area contributed by atoms with Gasteiger partial charge >= 0.3 is 0 Å². The maximum absolute atomic E-state index is 11.6. The number of hydrogen-bond acceptors (Lipinski definition) is 3. The van der Waals surface area contributed by atoms with Crippen molar-refractivity contribution in [2.24, 2.45) is 0 Å². The van der Waals surface area contributed by atoms with Gasteiger partial charge in [0.05, 0.1) is 12.5 Å². The van der Waals surface area contributed by atoms with Gasteiger partial charge in [0.2, 0.25) is 0 Å². The molecule has 0 saturated heterocycles. The molecule has 2 heterocycles. The minimum atomic E-state index is -0.0779. The molecule has 4 nitrogen and oxygen atoms in total. The first-order valence-electron chi connectivity index (χ1n) is 5.05. The lowest BCUT2D eigenvalue weighted by molar-refractivity contribution is 0.0954. The van der Waals surface area contributed by atoms with E-state index in [2.05, 4.69) is 10.3 Å². The van der Waals surface area contributed by atoms with Gasteiger partial charge in [-0.3, -0.25) is 9.78 Å². The molecule has 16 heavy (non-hydrogen) atoms. The normalized spacial score (nSPS) is 10.0. The van der Waals surface area contributed by atoms with E-state index in [-0.39, 0.29) is 5.91 Å². The van der Waals surface area contributed by atoms with Crippen LogP contribution in [0, 0.1) is 0 Å². The van der Waals surface area contributed by atoms with Crippen molar-refractivity contribution in [3.63, 3.8) is 0 Å². The average Bonchev–Trinajstić information content (AvgIpc) is 2.83. The second-order valence-electron chi connectivity index (χ2n) is 3.37. The van der Waals surface area contributed by atoms with Crippen molar-refractivity contribution in [3.05, 3.63) is 54.2 Å². The Kier molecular flexibility index (Phi) is 3.33. The number of carbonyl (C=O) groups excluding carboxylic acids is 1. The molecule has 0 spiro atoms. The van der Waals surface area contributed by atoms with E-state index in [1.165, 1.54) is 0 Å². The molecule has 0 aliphatic rings. The van der Waals surface area contributed by atoms with Crippen molar-refractivity contribution in [1.29, 1.82) is 0 Å². The second kappa shape index (κ2) is 5.11. The predicted molar refractivity (Wildman–Crippen MR) is 59.0 cm³/mol. The van der Waals surface area contributed by atoms with Crippen LogP contribution in [0.4, 0.5) is 0 Å². The molecule has 2 aromatic rings. The predicted octanol–water partition coefficient (Wildman–Crippen LogP) is 1.65. The van der Waals surface area contributed by atoms with Crippen LogP contribution >= 0.6 is 0 Å². The summed E-state index contributed by atoms with van der Waals surface area (Å²) in [6.07, 6.45) is 7.28. The Morgan fingerprint density at radius 1 is 1.31 bits per heavy atom. The quantitative estimate of drug-likeness (QED) is 0.845. The third kappa shape index (κ3) is 2.70. The smallest absolute Gasteiger partial charge is 0.251 e. The minimum absolute atomic E-state index is 0.0779. The van der Waals surface area contributed by atoms with Gasteiger partial charge in [-0.2, -0.15) is 0 Å². The maximum atomic E-state index is 11.6. The van der Waals surface area contributed by atoms with E-state index < -0.39 is 0 Å². The summed E-state index contributed by atoms with van der Waals surface area (Å²) in [6.45, 7) is 0.598. The fourth-order valence-corrected chi connectivity index (χ4v) is 1.36. The molecule has 0 aliphatic heterocycles. The first-order valence-corrected chi connectivity index (χ1v) is 5.05. The zero-order chi connectivity index (χ0) is 11.2. The van der Waals surface area contributed by atoms with Crippen LogP contribution in [0.1, 0.15) is 15.9 Å². The van der Waals surface area contributed by atoms with Crippen LogP contribution in [0.3, 0.4) is 0 Å². The van der Waals surface area contributed by atoms with Gasteiger partial charge in [0, 0.05) is 24.5 Å².